The Bertz CT molecular complexity index is 472. The van der Waals surface area contributed by atoms with Crippen molar-refractivity contribution in [2.75, 3.05) is 27.2 Å². The minimum Gasteiger partial charge on any atom is -0.348 e. The van der Waals surface area contributed by atoms with Crippen LogP contribution >= 0.6 is 11.3 Å². The van der Waals surface area contributed by atoms with Crippen LogP contribution in [-0.4, -0.2) is 53.8 Å². The molecule has 6 heteroatoms. The molecular weight excluding hydrogens is 262 g/mol. The molecule has 104 valence electrons. The van der Waals surface area contributed by atoms with Crippen molar-refractivity contribution in [3.63, 3.8) is 0 Å². The molecule has 0 spiro atoms. The van der Waals surface area contributed by atoms with Crippen molar-refractivity contribution in [2.24, 2.45) is 5.41 Å². The van der Waals surface area contributed by atoms with Crippen molar-refractivity contribution in [3.8, 4) is 0 Å². The Labute approximate surface area is 117 Å². The lowest BCUT2D eigenvalue weighted by Gasteiger charge is -2.40. The molecule has 0 N–H and O–H groups in total. The van der Waals surface area contributed by atoms with Gasteiger partial charge in [0.1, 0.15) is 5.69 Å². The second-order valence-electron chi connectivity index (χ2n) is 5.46. The quantitative estimate of drug-likeness (QED) is 0.825. The zero-order chi connectivity index (χ0) is 14.0. The Morgan fingerprint density at radius 1 is 1.47 bits per heavy atom. The monoisotopic (exact) mass is 281 g/mol. The molecule has 1 aliphatic rings. The molecule has 2 amide bonds. The van der Waals surface area contributed by atoms with E-state index in [0.29, 0.717) is 18.8 Å². The molecule has 19 heavy (non-hydrogen) atoms. The van der Waals surface area contributed by atoms with Crippen LogP contribution in [0.2, 0.25) is 0 Å². The van der Waals surface area contributed by atoms with Crippen molar-refractivity contribution < 1.29 is 9.59 Å². The van der Waals surface area contributed by atoms with Crippen molar-refractivity contribution in [2.45, 2.75) is 19.8 Å². The summed E-state index contributed by atoms with van der Waals surface area (Å²) in [6, 6.07) is 0. The maximum Gasteiger partial charge on any atom is 0.273 e. The van der Waals surface area contributed by atoms with Gasteiger partial charge in [-0.1, -0.05) is 0 Å². The van der Waals surface area contributed by atoms with Gasteiger partial charge in [-0.3, -0.25) is 9.59 Å². The normalized spacial score (nSPS) is 23.2. The van der Waals surface area contributed by atoms with E-state index in [2.05, 4.69) is 4.98 Å². The van der Waals surface area contributed by atoms with E-state index in [9.17, 15) is 9.59 Å². The number of carbonyl (C=O) groups is 2. The first-order valence-electron chi connectivity index (χ1n) is 6.33. The summed E-state index contributed by atoms with van der Waals surface area (Å²) in [4.78, 5) is 31.9. The van der Waals surface area contributed by atoms with Crippen LogP contribution in [0.4, 0.5) is 0 Å². The minimum absolute atomic E-state index is 0.0706. The number of piperidine rings is 1. The Balaban J connectivity index is 2.13. The van der Waals surface area contributed by atoms with Crippen molar-refractivity contribution in [1.82, 2.24) is 14.8 Å². The van der Waals surface area contributed by atoms with Gasteiger partial charge in [0.25, 0.3) is 5.91 Å². The van der Waals surface area contributed by atoms with Gasteiger partial charge in [0.15, 0.2) is 0 Å². The molecule has 1 saturated heterocycles. The number of carbonyl (C=O) groups excluding carboxylic acids is 2. The van der Waals surface area contributed by atoms with E-state index >= 15 is 0 Å². The summed E-state index contributed by atoms with van der Waals surface area (Å²) in [6.45, 7) is 3.11. The molecule has 5 nitrogen and oxygen atoms in total. The number of likely N-dealkylation sites (tertiary alicyclic amines) is 1. The molecular formula is C13H19N3O2S. The Hall–Kier alpha value is -1.43. The lowest BCUT2D eigenvalue weighted by molar-refractivity contribution is -0.141. The van der Waals surface area contributed by atoms with E-state index in [1.54, 1.807) is 34.8 Å². The second kappa shape index (κ2) is 5.28. The number of aromatic nitrogens is 1. The van der Waals surface area contributed by atoms with Crippen LogP contribution in [0, 0.1) is 5.41 Å². The molecule has 1 fully saturated rings. The lowest BCUT2D eigenvalue weighted by atomic mass is 9.80. The zero-order valence-electron chi connectivity index (χ0n) is 11.5. The third-order valence-corrected chi connectivity index (χ3v) is 4.14. The summed E-state index contributed by atoms with van der Waals surface area (Å²) in [5.41, 5.74) is 1.65. The molecule has 1 aliphatic heterocycles. The summed E-state index contributed by atoms with van der Waals surface area (Å²) in [5.74, 6) is 0.0157. The summed E-state index contributed by atoms with van der Waals surface area (Å²) < 4.78 is 0. The summed E-state index contributed by atoms with van der Waals surface area (Å²) in [5, 5.41) is 1.75. The van der Waals surface area contributed by atoms with E-state index in [0.717, 1.165) is 12.8 Å². The first-order chi connectivity index (χ1) is 8.94. The first-order valence-corrected chi connectivity index (χ1v) is 7.27. The molecule has 1 aromatic rings. The summed E-state index contributed by atoms with van der Waals surface area (Å²) in [6.07, 6.45) is 1.68. The molecule has 1 unspecified atom stereocenters. The Morgan fingerprint density at radius 3 is 2.79 bits per heavy atom. The molecule has 0 aliphatic carbocycles. The van der Waals surface area contributed by atoms with Gasteiger partial charge in [-0.25, -0.2) is 4.98 Å². The fourth-order valence-corrected chi connectivity index (χ4v) is 3.13. The average molecular weight is 281 g/mol. The second-order valence-corrected chi connectivity index (χ2v) is 6.18. The van der Waals surface area contributed by atoms with E-state index in [1.807, 2.05) is 6.92 Å². The highest BCUT2D eigenvalue weighted by molar-refractivity contribution is 7.07. The molecule has 2 heterocycles. The van der Waals surface area contributed by atoms with Crippen molar-refractivity contribution in [3.05, 3.63) is 16.6 Å². The van der Waals surface area contributed by atoms with E-state index in [1.165, 1.54) is 11.3 Å². The Morgan fingerprint density at radius 2 is 2.21 bits per heavy atom. The van der Waals surface area contributed by atoms with Crippen LogP contribution in [0.5, 0.6) is 0 Å². The zero-order valence-corrected chi connectivity index (χ0v) is 12.4. The van der Waals surface area contributed by atoms with Gasteiger partial charge in [-0.15, -0.1) is 11.3 Å². The van der Waals surface area contributed by atoms with Crippen LogP contribution < -0.4 is 0 Å². The van der Waals surface area contributed by atoms with E-state index in [4.69, 9.17) is 0 Å². The first kappa shape index (κ1) is 14.0. The number of hydrogen-bond donors (Lipinski definition) is 0. The standard InChI is InChI=1S/C13H19N3O2S/c1-13(12(18)15(2)3)5-4-6-16(8-13)11(17)10-7-19-9-14-10/h7,9H,4-6,8H2,1-3H3. The summed E-state index contributed by atoms with van der Waals surface area (Å²) in [7, 11) is 3.52. The molecule has 1 atom stereocenters. The average Bonchev–Trinajstić information content (AvgIpc) is 2.90. The fourth-order valence-electron chi connectivity index (χ4n) is 2.61. The molecule has 0 saturated carbocycles. The smallest absolute Gasteiger partial charge is 0.273 e. The maximum absolute atomic E-state index is 12.3. The van der Waals surface area contributed by atoms with Crippen LogP contribution in [0.25, 0.3) is 0 Å². The molecule has 0 radical (unpaired) electrons. The molecule has 1 aromatic heterocycles. The Kier molecular flexibility index (Phi) is 3.89. The highest BCUT2D eigenvalue weighted by atomic mass is 32.1. The lowest BCUT2D eigenvalue weighted by Crippen LogP contribution is -2.51. The largest absolute Gasteiger partial charge is 0.348 e. The van der Waals surface area contributed by atoms with Gasteiger partial charge in [0.05, 0.1) is 10.9 Å². The molecule has 0 bridgehead atoms. The topological polar surface area (TPSA) is 53.5 Å². The SMILES string of the molecule is CN(C)C(=O)C1(C)CCCN(C(=O)c2cscn2)C1. The van der Waals surface area contributed by atoms with Gasteiger partial charge in [-0.2, -0.15) is 0 Å². The third-order valence-electron chi connectivity index (χ3n) is 3.56. The van der Waals surface area contributed by atoms with Gasteiger partial charge >= 0.3 is 0 Å². The number of hydrogen-bond acceptors (Lipinski definition) is 4. The van der Waals surface area contributed by atoms with Gasteiger partial charge in [0.2, 0.25) is 5.91 Å². The third kappa shape index (κ3) is 2.78. The van der Waals surface area contributed by atoms with Crippen LogP contribution in [-0.2, 0) is 4.79 Å². The predicted octanol–water partition coefficient (Wildman–Crippen LogP) is 1.47. The highest BCUT2D eigenvalue weighted by Gasteiger charge is 2.40. The van der Waals surface area contributed by atoms with E-state index < -0.39 is 5.41 Å². The predicted molar refractivity (Wildman–Crippen MR) is 74.1 cm³/mol. The van der Waals surface area contributed by atoms with Crippen LogP contribution in [0.1, 0.15) is 30.3 Å². The van der Waals surface area contributed by atoms with Crippen molar-refractivity contribution >= 4 is 23.2 Å². The number of rotatable bonds is 2. The van der Waals surface area contributed by atoms with E-state index in [-0.39, 0.29) is 11.8 Å². The highest BCUT2D eigenvalue weighted by Crippen LogP contribution is 2.31. The minimum atomic E-state index is -0.479. The molecule has 2 rings (SSSR count). The van der Waals surface area contributed by atoms with Gasteiger partial charge in [0, 0.05) is 32.6 Å². The van der Waals surface area contributed by atoms with Crippen LogP contribution in [0.15, 0.2) is 10.9 Å². The number of thiazole rings is 1. The van der Waals surface area contributed by atoms with Gasteiger partial charge in [-0.05, 0) is 19.8 Å². The van der Waals surface area contributed by atoms with Gasteiger partial charge < -0.3 is 9.80 Å². The fraction of sp³-hybridized carbons (Fsp3) is 0.615. The summed E-state index contributed by atoms with van der Waals surface area (Å²) >= 11 is 1.41. The number of amides is 2. The van der Waals surface area contributed by atoms with Crippen LogP contribution in [0.3, 0.4) is 0 Å². The number of nitrogens with zero attached hydrogens (tertiary/aromatic N) is 3. The maximum atomic E-state index is 12.3. The van der Waals surface area contributed by atoms with Crippen molar-refractivity contribution in [1.29, 1.82) is 0 Å². The molecule has 0 aromatic carbocycles.